The number of methoxy groups -OCH3 is 3. The predicted octanol–water partition coefficient (Wildman–Crippen LogP) is 1.69. The Morgan fingerprint density at radius 1 is 1.09 bits per heavy atom. The van der Waals surface area contributed by atoms with E-state index in [1.807, 2.05) is 0 Å². The Hall–Kier alpha value is -4.94. The van der Waals surface area contributed by atoms with Gasteiger partial charge in [0, 0.05) is 11.1 Å². The van der Waals surface area contributed by atoms with Gasteiger partial charge < -0.3 is 19.9 Å². The van der Waals surface area contributed by atoms with Gasteiger partial charge in [0.25, 0.3) is 5.91 Å². The number of nitrogens with one attached hydrogen (secondary N) is 1. The summed E-state index contributed by atoms with van der Waals surface area (Å²) >= 11 is 0. The molecule has 0 spiro atoms. The zero-order chi connectivity index (χ0) is 24.1. The van der Waals surface area contributed by atoms with E-state index in [2.05, 4.69) is 35.8 Å². The molecule has 0 atom stereocenters. The van der Waals surface area contributed by atoms with Crippen molar-refractivity contribution in [2.24, 2.45) is 5.10 Å². The molecule has 174 valence electrons. The fourth-order valence-corrected chi connectivity index (χ4v) is 3.10. The SMILES string of the molecule is COc1cccc(-c2c(C(=O)N/N=C/c3cc(OC)ccc3OC)nnn2-c2nonc2N)c1. The van der Waals surface area contributed by atoms with E-state index in [4.69, 9.17) is 19.9 Å². The zero-order valence-corrected chi connectivity index (χ0v) is 18.4. The summed E-state index contributed by atoms with van der Waals surface area (Å²) in [5.41, 5.74) is 9.69. The normalized spacial score (nSPS) is 10.9. The first-order chi connectivity index (χ1) is 16.5. The molecule has 0 saturated carbocycles. The maximum atomic E-state index is 13.0. The Bertz CT molecular complexity index is 1350. The molecule has 2 aromatic carbocycles. The van der Waals surface area contributed by atoms with Crippen LogP contribution in [0.1, 0.15) is 16.1 Å². The van der Waals surface area contributed by atoms with E-state index in [0.29, 0.717) is 28.4 Å². The molecule has 0 saturated heterocycles. The number of hydrazone groups is 1. The van der Waals surface area contributed by atoms with Crippen molar-refractivity contribution in [3.63, 3.8) is 0 Å². The first-order valence-corrected chi connectivity index (χ1v) is 9.79. The minimum Gasteiger partial charge on any atom is -0.497 e. The minimum atomic E-state index is -0.628. The molecule has 2 aromatic heterocycles. The van der Waals surface area contributed by atoms with Crippen molar-refractivity contribution in [3.8, 4) is 34.3 Å². The summed E-state index contributed by atoms with van der Waals surface area (Å²) in [6, 6.07) is 12.2. The van der Waals surface area contributed by atoms with Crippen LogP contribution in [0.15, 0.2) is 52.2 Å². The fraction of sp³-hybridized carbons (Fsp3) is 0.143. The molecule has 0 aliphatic rings. The molecule has 1 amide bonds. The second-order valence-corrected chi connectivity index (χ2v) is 6.71. The molecule has 4 rings (SSSR count). The number of nitrogens with zero attached hydrogens (tertiary/aromatic N) is 6. The summed E-state index contributed by atoms with van der Waals surface area (Å²) in [6.45, 7) is 0. The van der Waals surface area contributed by atoms with Gasteiger partial charge in [0.05, 0.1) is 27.5 Å². The lowest BCUT2D eigenvalue weighted by atomic mass is 10.1. The van der Waals surface area contributed by atoms with Crippen LogP contribution >= 0.6 is 0 Å². The third kappa shape index (κ3) is 4.34. The van der Waals surface area contributed by atoms with Crippen LogP contribution in [0.4, 0.5) is 5.82 Å². The number of rotatable bonds is 8. The van der Waals surface area contributed by atoms with E-state index >= 15 is 0 Å². The maximum Gasteiger partial charge on any atom is 0.294 e. The largest absolute Gasteiger partial charge is 0.497 e. The number of carbonyl (C=O) groups is 1. The van der Waals surface area contributed by atoms with Crippen LogP contribution in [0.5, 0.6) is 17.2 Å². The third-order valence-electron chi connectivity index (χ3n) is 4.73. The summed E-state index contributed by atoms with van der Waals surface area (Å²) in [4.78, 5) is 13.0. The molecule has 0 aliphatic carbocycles. The highest BCUT2D eigenvalue weighted by molar-refractivity contribution is 5.99. The van der Waals surface area contributed by atoms with Gasteiger partial charge in [-0.05, 0) is 40.6 Å². The van der Waals surface area contributed by atoms with Crippen LogP contribution in [-0.4, -0.2) is 58.8 Å². The molecule has 0 radical (unpaired) electrons. The zero-order valence-electron chi connectivity index (χ0n) is 18.4. The first kappa shape index (κ1) is 22.3. The van der Waals surface area contributed by atoms with Crippen LogP contribution in [0, 0.1) is 0 Å². The molecular weight excluding hydrogens is 444 g/mol. The van der Waals surface area contributed by atoms with Crippen molar-refractivity contribution in [1.82, 2.24) is 30.7 Å². The van der Waals surface area contributed by atoms with Gasteiger partial charge in [0.15, 0.2) is 5.69 Å². The van der Waals surface area contributed by atoms with E-state index in [0.717, 1.165) is 0 Å². The molecule has 0 unspecified atom stereocenters. The van der Waals surface area contributed by atoms with Crippen molar-refractivity contribution < 1.29 is 23.6 Å². The lowest BCUT2D eigenvalue weighted by Gasteiger charge is -2.08. The highest BCUT2D eigenvalue weighted by Gasteiger charge is 2.25. The number of nitrogen functional groups attached to an aromatic ring is 1. The minimum absolute atomic E-state index is 0.0239. The quantitative estimate of drug-likeness (QED) is 0.289. The van der Waals surface area contributed by atoms with Gasteiger partial charge in [-0.15, -0.1) is 5.10 Å². The lowest BCUT2D eigenvalue weighted by molar-refractivity contribution is 0.0950. The van der Waals surface area contributed by atoms with Crippen LogP contribution in [0.2, 0.25) is 0 Å². The molecule has 2 heterocycles. The Morgan fingerprint density at radius 3 is 2.59 bits per heavy atom. The molecule has 0 fully saturated rings. The van der Waals surface area contributed by atoms with Gasteiger partial charge in [-0.1, -0.05) is 17.3 Å². The molecule has 13 heteroatoms. The first-order valence-electron chi connectivity index (χ1n) is 9.79. The van der Waals surface area contributed by atoms with E-state index in [-0.39, 0.29) is 23.0 Å². The molecule has 3 N–H and O–H groups in total. The number of anilines is 1. The van der Waals surface area contributed by atoms with E-state index in [1.54, 1.807) is 49.6 Å². The van der Waals surface area contributed by atoms with Crippen molar-refractivity contribution in [1.29, 1.82) is 0 Å². The maximum absolute atomic E-state index is 13.0. The van der Waals surface area contributed by atoms with E-state index < -0.39 is 5.91 Å². The number of hydrogen-bond acceptors (Lipinski definition) is 11. The van der Waals surface area contributed by atoms with Crippen LogP contribution in [0.25, 0.3) is 17.1 Å². The highest BCUT2D eigenvalue weighted by atomic mass is 16.6. The molecule has 0 bridgehead atoms. The summed E-state index contributed by atoms with van der Waals surface area (Å²) < 4.78 is 21.8. The fourth-order valence-electron chi connectivity index (χ4n) is 3.10. The lowest BCUT2D eigenvalue weighted by Crippen LogP contribution is -2.19. The average molecular weight is 464 g/mol. The smallest absolute Gasteiger partial charge is 0.294 e. The Morgan fingerprint density at radius 2 is 1.88 bits per heavy atom. The van der Waals surface area contributed by atoms with Gasteiger partial charge >= 0.3 is 0 Å². The summed E-state index contributed by atoms with van der Waals surface area (Å²) in [5.74, 6) is 1.15. The van der Waals surface area contributed by atoms with Gasteiger partial charge in [-0.25, -0.2) is 10.1 Å². The standard InChI is InChI=1S/C21H20N8O5/c1-31-14-6-4-5-12(9-14)18-17(24-28-29(18)20-19(22)26-34-27-20)21(30)25-23-11-13-10-15(32-2)7-8-16(13)33-3/h4-11H,1-3H3,(H2,22,26)(H,25,30)/b23-11+. The van der Waals surface area contributed by atoms with Gasteiger partial charge in [0.2, 0.25) is 11.6 Å². The monoisotopic (exact) mass is 464 g/mol. The number of benzene rings is 2. The van der Waals surface area contributed by atoms with Crippen molar-refractivity contribution in [3.05, 3.63) is 53.7 Å². The van der Waals surface area contributed by atoms with Gasteiger partial charge in [-0.3, -0.25) is 4.79 Å². The number of ether oxygens (including phenoxy) is 3. The highest BCUT2D eigenvalue weighted by Crippen LogP contribution is 2.29. The Balaban J connectivity index is 1.69. The molecular formula is C21H20N8O5. The summed E-state index contributed by atoms with van der Waals surface area (Å²) in [7, 11) is 4.61. The van der Waals surface area contributed by atoms with Gasteiger partial charge in [-0.2, -0.15) is 9.78 Å². The van der Waals surface area contributed by atoms with Crippen molar-refractivity contribution >= 4 is 17.9 Å². The second kappa shape index (κ2) is 9.68. The number of amides is 1. The van der Waals surface area contributed by atoms with Gasteiger partial charge in [0.1, 0.15) is 22.9 Å². The number of carbonyl (C=O) groups excluding carboxylic acids is 1. The summed E-state index contributed by atoms with van der Waals surface area (Å²) in [5, 5.41) is 19.4. The number of nitrogens with two attached hydrogens (primary N) is 1. The van der Waals surface area contributed by atoms with Crippen molar-refractivity contribution in [2.75, 3.05) is 27.1 Å². The molecule has 4 aromatic rings. The van der Waals surface area contributed by atoms with Crippen LogP contribution in [-0.2, 0) is 0 Å². The van der Waals surface area contributed by atoms with E-state index in [1.165, 1.54) is 25.1 Å². The molecule has 13 nitrogen and oxygen atoms in total. The van der Waals surface area contributed by atoms with Crippen molar-refractivity contribution in [2.45, 2.75) is 0 Å². The molecule has 34 heavy (non-hydrogen) atoms. The van der Waals surface area contributed by atoms with E-state index in [9.17, 15) is 4.79 Å². The van der Waals surface area contributed by atoms with Crippen LogP contribution < -0.4 is 25.4 Å². The average Bonchev–Trinajstić information content (AvgIpc) is 3.49. The molecule has 0 aliphatic heterocycles. The Kier molecular flexibility index (Phi) is 6.34. The number of hydrogen-bond donors (Lipinski definition) is 2. The van der Waals surface area contributed by atoms with Crippen LogP contribution in [0.3, 0.4) is 0 Å². The second-order valence-electron chi connectivity index (χ2n) is 6.71. The Labute approximate surface area is 193 Å². The number of aromatic nitrogens is 5. The predicted molar refractivity (Wildman–Crippen MR) is 120 cm³/mol. The topological polar surface area (TPSA) is 165 Å². The third-order valence-corrected chi connectivity index (χ3v) is 4.73. The summed E-state index contributed by atoms with van der Waals surface area (Å²) in [6.07, 6.45) is 1.43.